The summed E-state index contributed by atoms with van der Waals surface area (Å²) < 4.78 is 13.2. The lowest BCUT2D eigenvalue weighted by Gasteiger charge is -2.16. The van der Waals surface area contributed by atoms with Crippen LogP contribution >= 0.6 is 0 Å². The number of amides is 1. The summed E-state index contributed by atoms with van der Waals surface area (Å²) in [5.41, 5.74) is 3.72. The van der Waals surface area contributed by atoms with Crippen molar-refractivity contribution in [2.75, 3.05) is 5.32 Å². The highest BCUT2D eigenvalue weighted by molar-refractivity contribution is 5.99. The van der Waals surface area contributed by atoms with E-state index in [1.54, 1.807) is 12.1 Å². The van der Waals surface area contributed by atoms with E-state index in [1.165, 1.54) is 12.1 Å². The fraction of sp³-hybridized carbons (Fsp3) is 0.200. The molecule has 0 radical (unpaired) electrons. The highest BCUT2D eigenvalue weighted by Crippen LogP contribution is 2.30. The second kappa shape index (κ2) is 7.30. The van der Waals surface area contributed by atoms with E-state index in [9.17, 15) is 9.18 Å². The van der Waals surface area contributed by atoms with E-state index >= 15 is 0 Å². The van der Waals surface area contributed by atoms with Gasteiger partial charge in [0.1, 0.15) is 11.5 Å². The highest BCUT2D eigenvalue weighted by atomic mass is 19.1. The Bertz CT molecular complexity index is 856. The van der Waals surface area contributed by atoms with Gasteiger partial charge in [-0.3, -0.25) is 9.89 Å². The number of aromatic amines is 1. The van der Waals surface area contributed by atoms with Crippen LogP contribution in [0.15, 0.2) is 54.6 Å². The maximum atomic E-state index is 13.2. The Kier molecular flexibility index (Phi) is 4.93. The molecule has 0 saturated heterocycles. The van der Waals surface area contributed by atoms with E-state index in [-0.39, 0.29) is 17.6 Å². The molecule has 1 atom stereocenters. The number of rotatable bonds is 5. The lowest BCUT2D eigenvalue weighted by molar-refractivity contribution is -0.117. The first-order valence-electron chi connectivity index (χ1n) is 8.27. The molecule has 3 rings (SSSR count). The topological polar surface area (TPSA) is 57.8 Å². The number of nitrogens with zero attached hydrogens (tertiary/aromatic N) is 1. The van der Waals surface area contributed by atoms with Crippen molar-refractivity contribution in [2.24, 2.45) is 0 Å². The average Bonchev–Trinajstić information content (AvgIpc) is 2.98. The molecule has 0 spiro atoms. The van der Waals surface area contributed by atoms with Crippen molar-refractivity contribution in [3.63, 3.8) is 0 Å². The van der Waals surface area contributed by atoms with Crippen LogP contribution in [0.4, 0.5) is 10.1 Å². The number of aryl methyl sites for hydroxylation is 1. The summed E-state index contributed by atoms with van der Waals surface area (Å²) in [7, 11) is 0. The standard InChI is InChI=1S/C20H20FN3O/c1-3-17(14-7-5-4-6-8-14)20(25)22-18-13(2)23-24-19(18)15-9-11-16(21)12-10-15/h4-12,17H,3H2,1-2H3,(H,22,25)(H,23,24). The van der Waals surface area contributed by atoms with Crippen LogP contribution in [0.3, 0.4) is 0 Å². The van der Waals surface area contributed by atoms with Crippen molar-refractivity contribution >= 4 is 11.6 Å². The molecule has 0 fully saturated rings. The van der Waals surface area contributed by atoms with Crippen molar-refractivity contribution in [3.05, 3.63) is 71.7 Å². The second-order valence-corrected chi connectivity index (χ2v) is 5.94. The normalized spacial score (nSPS) is 12.0. The summed E-state index contributed by atoms with van der Waals surface area (Å²) in [6.45, 7) is 3.83. The van der Waals surface area contributed by atoms with Gasteiger partial charge in [0.05, 0.1) is 17.3 Å². The Morgan fingerprint density at radius 1 is 1.16 bits per heavy atom. The van der Waals surface area contributed by atoms with Crippen molar-refractivity contribution in [1.29, 1.82) is 0 Å². The Morgan fingerprint density at radius 3 is 2.48 bits per heavy atom. The summed E-state index contributed by atoms with van der Waals surface area (Å²) in [5, 5.41) is 10.2. The molecule has 2 N–H and O–H groups in total. The largest absolute Gasteiger partial charge is 0.322 e. The first kappa shape index (κ1) is 16.9. The van der Waals surface area contributed by atoms with Gasteiger partial charge in [-0.1, -0.05) is 37.3 Å². The van der Waals surface area contributed by atoms with Crippen molar-refractivity contribution in [2.45, 2.75) is 26.2 Å². The third-order valence-electron chi connectivity index (χ3n) is 4.24. The van der Waals surface area contributed by atoms with Gasteiger partial charge in [0.2, 0.25) is 5.91 Å². The number of carbonyl (C=O) groups is 1. The van der Waals surface area contributed by atoms with Gasteiger partial charge >= 0.3 is 0 Å². The lowest BCUT2D eigenvalue weighted by atomic mass is 9.95. The van der Waals surface area contributed by atoms with Crippen molar-refractivity contribution in [1.82, 2.24) is 10.2 Å². The molecule has 1 heterocycles. The minimum atomic E-state index is -0.309. The SMILES string of the molecule is CCC(C(=O)Nc1c(-c2ccc(F)cc2)n[nH]c1C)c1ccccc1. The van der Waals surface area contributed by atoms with E-state index in [4.69, 9.17) is 0 Å². The van der Waals surface area contributed by atoms with Gasteiger partial charge in [-0.2, -0.15) is 5.10 Å². The van der Waals surface area contributed by atoms with Gasteiger partial charge < -0.3 is 5.32 Å². The summed E-state index contributed by atoms with van der Waals surface area (Å²) in [6, 6.07) is 15.8. The molecule has 5 heteroatoms. The second-order valence-electron chi connectivity index (χ2n) is 5.94. The summed E-state index contributed by atoms with van der Waals surface area (Å²) in [5.74, 6) is -0.630. The molecular formula is C20H20FN3O. The van der Waals surface area contributed by atoms with E-state index in [0.29, 0.717) is 17.8 Å². The zero-order chi connectivity index (χ0) is 17.8. The van der Waals surface area contributed by atoms with Gasteiger partial charge in [-0.05, 0) is 43.2 Å². The van der Waals surface area contributed by atoms with Gasteiger partial charge in [0.25, 0.3) is 0 Å². The maximum Gasteiger partial charge on any atom is 0.232 e. The van der Waals surface area contributed by atoms with Crippen molar-refractivity contribution < 1.29 is 9.18 Å². The van der Waals surface area contributed by atoms with Gasteiger partial charge in [-0.15, -0.1) is 0 Å². The molecule has 3 aromatic rings. The first-order chi connectivity index (χ1) is 12.1. The number of H-pyrrole nitrogens is 1. The molecule has 0 saturated carbocycles. The van der Waals surface area contributed by atoms with Crippen LogP contribution in [0.5, 0.6) is 0 Å². The van der Waals surface area contributed by atoms with E-state index in [1.807, 2.05) is 44.2 Å². The molecule has 2 aromatic carbocycles. The Hall–Kier alpha value is -2.95. The number of halogens is 1. The van der Waals surface area contributed by atoms with Crippen LogP contribution in [0.2, 0.25) is 0 Å². The van der Waals surface area contributed by atoms with E-state index in [0.717, 1.165) is 16.8 Å². The van der Waals surface area contributed by atoms with Crippen LogP contribution in [-0.4, -0.2) is 16.1 Å². The monoisotopic (exact) mass is 337 g/mol. The fourth-order valence-corrected chi connectivity index (χ4v) is 2.87. The molecule has 1 unspecified atom stereocenters. The molecule has 0 aliphatic heterocycles. The quantitative estimate of drug-likeness (QED) is 0.711. The molecule has 0 aliphatic rings. The van der Waals surface area contributed by atoms with Crippen molar-refractivity contribution in [3.8, 4) is 11.3 Å². The minimum absolute atomic E-state index is 0.0819. The smallest absolute Gasteiger partial charge is 0.232 e. The van der Waals surface area contributed by atoms with Gasteiger partial charge in [-0.25, -0.2) is 4.39 Å². The fourth-order valence-electron chi connectivity index (χ4n) is 2.87. The predicted octanol–water partition coefficient (Wildman–Crippen LogP) is 4.66. The van der Waals surface area contributed by atoms with Crippen LogP contribution in [0.1, 0.15) is 30.5 Å². The highest BCUT2D eigenvalue weighted by Gasteiger charge is 2.22. The number of carbonyl (C=O) groups excluding carboxylic acids is 1. The molecular weight excluding hydrogens is 317 g/mol. The van der Waals surface area contributed by atoms with E-state index in [2.05, 4.69) is 15.5 Å². The first-order valence-corrected chi connectivity index (χ1v) is 8.27. The number of nitrogens with one attached hydrogen (secondary N) is 2. The number of aromatic nitrogens is 2. The maximum absolute atomic E-state index is 13.2. The summed E-state index contributed by atoms with van der Waals surface area (Å²) in [4.78, 5) is 12.8. The van der Waals surface area contributed by atoms with Crippen LogP contribution in [-0.2, 0) is 4.79 Å². The van der Waals surface area contributed by atoms with Gasteiger partial charge in [0, 0.05) is 5.56 Å². The molecule has 25 heavy (non-hydrogen) atoms. The van der Waals surface area contributed by atoms with E-state index < -0.39 is 0 Å². The number of anilines is 1. The predicted molar refractivity (Wildman–Crippen MR) is 96.8 cm³/mol. The molecule has 4 nitrogen and oxygen atoms in total. The lowest BCUT2D eigenvalue weighted by Crippen LogP contribution is -2.21. The Balaban J connectivity index is 1.89. The third-order valence-corrected chi connectivity index (χ3v) is 4.24. The van der Waals surface area contributed by atoms with Crippen LogP contribution < -0.4 is 5.32 Å². The number of benzene rings is 2. The molecule has 0 bridgehead atoms. The average molecular weight is 337 g/mol. The van der Waals surface area contributed by atoms with Crippen LogP contribution in [0, 0.1) is 12.7 Å². The Labute approximate surface area is 146 Å². The zero-order valence-corrected chi connectivity index (χ0v) is 14.2. The van der Waals surface area contributed by atoms with Gasteiger partial charge in [0.15, 0.2) is 0 Å². The molecule has 0 aliphatic carbocycles. The van der Waals surface area contributed by atoms with Crippen LogP contribution in [0.25, 0.3) is 11.3 Å². The molecule has 1 amide bonds. The molecule has 1 aromatic heterocycles. The summed E-state index contributed by atoms with van der Waals surface area (Å²) in [6.07, 6.45) is 0.693. The Morgan fingerprint density at radius 2 is 1.84 bits per heavy atom. The number of hydrogen-bond donors (Lipinski definition) is 2. The zero-order valence-electron chi connectivity index (χ0n) is 14.2. The third kappa shape index (κ3) is 3.60. The number of hydrogen-bond acceptors (Lipinski definition) is 2. The minimum Gasteiger partial charge on any atom is -0.322 e. The molecule has 128 valence electrons. The summed E-state index contributed by atoms with van der Waals surface area (Å²) >= 11 is 0.